The zero-order chi connectivity index (χ0) is 18.9. The van der Waals surface area contributed by atoms with Crippen molar-refractivity contribution in [3.05, 3.63) is 59.7 Å². The summed E-state index contributed by atoms with van der Waals surface area (Å²) in [5, 5.41) is 19.7. The van der Waals surface area contributed by atoms with E-state index in [4.69, 9.17) is 4.74 Å². The van der Waals surface area contributed by atoms with Crippen LogP contribution in [0.4, 0.5) is 5.69 Å². The second kappa shape index (κ2) is 7.02. The van der Waals surface area contributed by atoms with Crippen molar-refractivity contribution in [1.82, 2.24) is 10.6 Å². The number of benzene rings is 2. The molecule has 0 radical (unpaired) electrons. The van der Waals surface area contributed by atoms with Gasteiger partial charge in [0.1, 0.15) is 5.75 Å². The third-order valence-corrected chi connectivity index (χ3v) is 5.10. The Balaban J connectivity index is 1.64. The molecule has 4 N–H and O–H groups in total. The van der Waals surface area contributed by atoms with Crippen LogP contribution in [0, 0.1) is 0 Å². The summed E-state index contributed by atoms with van der Waals surface area (Å²) in [6, 6.07) is 14.4. The molecule has 7 heteroatoms. The largest absolute Gasteiger partial charge is 0.482 e. The van der Waals surface area contributed by atoms with Crippen LogP contribution in [0.15, 0.2) is 48.5 Å². The average molecular weight is 367 g/mol. The van der Waals surface area contributed by atoms with Crippen molar-refractivity contribution >= 4 is 17.5 Å². The summed E-state index contributed by atoms with van der Waals surface area (Å²) in [6.45, 7) is 1.01. The van der Waals surface area contributed by atoms with E-state index in [-0.39, 0.29) is 18.4 Å². The molecule has 2 atom stereocenters. The maximum absolute atomic E-state index is 13.0. The zero-order valence-corrected chi connectivity index (χ0v) is 14.7. The Morgan fingerprint density at radius 1 is 1.22 bits per heavy atom. The fourth-order valence-corrected chi connectivity index (χ4v) is 3.65. The van der Waals surface area contributed by atoms with Gasteiger partial charge in [-0.1, -0.05) is 30.3 Å². The van der Waals surface area contributed by atoms with E-state index in [1.807, 2.05) is 30.3 Å². The lowest BCUT2D eigenvalue weighted by Gasteiger charge is -2.43. The lowest BCUT2D eigenvalue weighted by molar-refractivity contribution is -0.118. The van der Waals surface area contributed by atoms with Gasteiger partial charge in [-0.05, 0) is 36.7 Å². The SMILES string of the molecule is O=C1COc2cc(C(=O)N[C@]3(c4ccccc4)CCNC[C@H]3O)ccc2N1. The predicted octanol–water partition coefficient (Wildman–Crippen LogP) is 0.997. The Kier molecular flexibility index (Phi) is 4.55. The molecule has 1 saturated heterocycles. The molecule has 2 aliphatic heterocycles. The van der Waals surface area contributed by atoms with Gasteiger partial charge in [-0.3, -0.25) is 9.59 Å². The van der Waals surface area contributed by atoms with E-state index in [1.54, 1.807) is 18.2 Å². The minimum atomic E-state index is -0.866. The molecule has 0 spiro atoms. The number of aliphatic hydroxyl groups excluding tert-OH is 1. The minimum absolute atomic E-state index is 0.0730. The molecule has 0 unspecified atom stereocenters. The van der Waals surface area contributed by atoms with Gasteiger partial charge in [-0.25, -0.2) is 0 Å². The number of fused-ring (bicyclic) bond motifs is 1. The first-order valence-electron chi connectivity index (χ1n) is 8.92. The molecular formula is C20H21N3O4. The standard InChI is InChI=1S/C20H21N3O4/c24-17-11-21-9-8-20(17,14-4-2-1-3-5-14)23-19(26)13-6-7-15-16(10-13)27-12-18(25)22-15/h1-7,10,17,21,24H,8-9,11-12H2,(H,22,25)(H,23,26)/t17-,20+/m1/s1. The maximum atomic E-state index is 13.0. The van der Waals surface area contributed by atoms with Crippen LogP contribution in [0.2, 0.25) is 0 Å². The van der Waals surface area contributed by atoms with Crippen LogP contribution >= 0.6 is 0 Å². The van der Waals surface area contributed by atoms with Gasteiger partial charge in [0, 0.05) is 12.1 Å². The highest BCUT2D eigenvalue weighted by Crippen LogP contribution is 2.33. The number of anilines is 1. The zero-order valence-electron chi connectivity index (χ0n) is 14.7. The lowest BCUT2D eigenvalue weighted by Crippen LogP contribution is -2.61. The third kappa shape index (κ3) is 3.27. The molecule has 0 aliphatic carbocycles. The van der Waals surface area contributed by atoms with E-state index in [2.05, 4.69) is 16.0 Å². The van der Waals surface area contributed by atoms with Crippen LogP contribution in [0.1, 0.15) is 22.3 Å². The van der Waals surface area contributed by atoms with E-state index in [0.29, 0.717) is 36.5 Å². The molecule has 2 aromatic carbocycles. The van der Waals surface area contributed by atoms with Gasteiger partial charge in [0.25, 0.3) is 11.8 Å². The fourth-order valence-electron chi connectivity index (χ4n) is 3.65. The second-order valence-electron chi connectivity index (χ2n) is 6.81. The van der Waals surface area contributed by atoms with Crippen LogP contribution in [0.5, 0.6) is 5.75 Å². The normalized spacial score (nSPS) is 24.3. The number of hydrogen-bond donors (Lipinski definition) is 4. The lowest BCUT2D eigenvalue weighted by atomic mass is 9.79. The van der Waals surface area contributed by atoms with Crippen molar-refractivity contribution in [2.75, 3.05) is 25.0 Å². The molecule has 0 bridgehead atoms. The predicted molar refractivity (Wildman–Crippen MR) is 99.6 cm³/mol. The van der Waals surface area contributed by atoms with Crippen molar-refractivity contribution in [2.24, 2.45) is 0 Å². The first-order chi connectivity index (χ1) is 13.1. The maximum Gasteiger partial charge on any atom is 0.262 e. The van der Waals surface area contributed by atoms with Gasteiger partial charge in [-0.15, -0.1) is 0 Å². The molecule has 2 aliphatic rings. The van der Waals surface area contributed by atoms with Crippen LogP contribution in [-0.2, 0) is 10.3 Å². The smallest absolute Gasteiger partial charge is 0.262 e. The quantitative estimate of drug-likeness (QED) is 0.649. The van der Waals surface area contributed by atoms with E-state index in [9.17, 15) is 14.7 Å². The topological polar surface area (TPSA) is 99.7 Å². The first-order valence-corrected chi connectivity index (χ1v) is 8.92. The van der Waals surface area contributed by atoms with Gasteiger partial charge in [-0.2, -0.15) is 0 Å². The Morgan fingerprint density at radius 2 is 2.04 bits per heavy atom. The number of amides is 2. The number of rotatable bonds is 3. The molecule has 4 rings (SSSR count). The van der Waals surface area contributed by atoms with Crippen LogP contribution in [0.3, 0.4) is 0 Å². The summed E-state index contributed by atoms with van der Waals surface area (Å²) in [7, 11) is 0. The molecule has 2 aromatic rings. The number of nitrogens with one attached hydrogen (secondary N) is 3. The number of carbonyl (C=O) groups excluding carboxylic acids is 2. The Labute approximate surface area is 156 Å². The number of piperidine rings is 1. The number of β-amino-alcohol motifs (C(OH)–C–C–N with tert-alkyl or cyclic N) is 1. The van der Waals surface area contributed by atoms with Crippen molar-refractivity contribution in [3.63, 3.8) is 0 Å². The van der Waals surface area contributed by atoms with E-state index in [1.165, 1.54) is 0 Å². The van der Waals surface area contributed by atoms with Crippen molar-refractivity contribution in [1.29, 1.82) is 0 Å². The number of carbonyl (C=O) groups is 2. The fraction of sp³-hybridized carbons (Fsp3) is 0.300. The van der Waals surface area contributed by atoms with Crippen molar-refractivity contribution in [3.8, 4) is 5.75 Å². The average Bonchev–Trinajstić information content (AvgIpc) is 2.70. The highest BCUT2D eigenvalue weighted by atomic mass is 16.5. The highest BCUT2D eigenvalue weighted by molar-refractivity contribution is 5.99. The molecular weight excluding hydrogens is 346 g/mol. The minimum Gasteiger partial charge on any atom is -0.482 e. The summed E-state index contributed by atoms with van der Waals surface area (Å²) in [6.07, 6.45) is -0.188. The molecule has 2 heterocycles. The Bertz CT molecular complexity index is 871. The van der Waals surface area contributed by atoms with Crippen LogP contribution < -0.4 is 20.7 Å². The molecule has 2 amide bonds. The summed E-state index contributed by atoms with van der Waals surface area (Å²) < 4.78 is 5.40. The Hall–Kier alpha value is -2.90. The molecule has 0 aromatic heterocycles. The third-order valence-electron chi connectivity index (χ3n) is 5.10. The molecule has 7 nitrogen and oxygen atoms in total. The Morgan fingerprint density at radius 3 is 2.81 bits per heavy atom. The summed E-state index contributed by atoms with van der Waals surface area (Å²) >= 11 is 0. The van der Waals surface area contributed by atoms with Crippen LogP contribution in [-0.4, -0.2) is 42.7 Å². The van der Waals surface area contributed by atoms with Gasteiger partial charge in [0.05, 0.1) is 17.3 Å². The second-order valence-corrected chi connectivity index (χ2v) is 6.81. The first kappa shape index (κ1) is 17.5. The van der Waals surface area contributed by atoms with Gasteiger partial charge < -0.3 is 25.8 Å². The van der Waals surface area contributed by atoms with Crippen molar-refractivity contribution in [2.45, 2.75) is 18.1 Å². The molecule has 140 valence electrons. The van der Waals surface area contributed by atoms with Gasteiger partial charge in [0.15, 0.2) is 6.61 Å². The summed E-state index contributed by atoms with van der Waals surface area (Å²) in [5.41, 5.74) is 0.955. The van der Waals surface area contributed by atoms with Gasteiger partial charge >= 0.3 is 0 Å². The van der Waals surface area contributed by atoms with E-state index in [0.717, 1.165) is 5.56 Å². The van der Waals surface area contributed by atoms with Gasteiger partial charge in [0.2, 0.25) is 0 Å². The van der Waals surface area contributed by atoms with E-state index < -0.39 is 11.6 Å². The molecule has 27 heavy (non-hydrogen) atoms. The molecule has 1 fully saturated rings. The summed E-state index contributed by atoms with van der Waals surface area (Å²) in [5.74, 6) is -0.0643. The highest BCUT2D eigenvalue weighted by Gasteiger charge is 2.43. The number of aliphatic hydroxyl groups is 1. The van der Waals surface area contributed by atoms with Crippen LogP contribution in [0.25, 0.3) is 0 Å². The number of ether oxygens (including phenoxy) is 1. The summed E-state index contributed by atoms with van der Waals surface area (Å²) in [4.78, 5) is 24.4. The monoisotopic (exact) mass is 367 g/mol. The van der Waals surface area contributed by atoms with E-state index >= 15 is 0 Å². The number of hydrogen-bond acceptors (Lipinski definition) is 5. The molecule has 0 saturated carbocycles. The van der Waals surface area contributed by atoms with Crippen molar-refractivity contribution < 1.29 is 19.4 Å².